The van der Waals surface area contributed by atoms with E-state index in [0.29, 0.717) is 25.2 Å². The fraction of sp³-hybridized carbons (Fsp3) is 0.923. The maximum Gasteiger partial charge on any atom is 0.305 e. The number of hydrogen-bond donors (Lipinski definition) is 0. The summed E-state index contributed by atoms with van der Waals surface area (Å²) in [5.74, 6) is -0.0228. The summed E-state index contributed by atoms with van der Waals surface area (Å²) < 4.78 is 11.1. The van der Waals surface area contributed by atoms with Gasteiger partial charge in [0.2, 0.25) is 0 Å². The van der Waals surface area contributed by atoms with E-state index < -0.39 is 0 Å². The van der Waals surface area contributed by atoms with Gasteiger partial charge >= 0.3 is 5.97 Å². The third kappa shape index (κ3) is 3.78. The minimum Gasteiger partial charge on any atom is -0.466 e. The van der Waals surface area contributed by atoms with E-state index in [1.165, 1.54) is 12.8 Å². The Morgan fingerprint density at radius 1 is 0.875 bits per heavy atom. The average Bonchev–Trinajstić information content (AvgIpc) is 2.72. The first-order chi connectivity index (χ1) is 7.84. The van der Waals surface area contributed by atoms with Gasteiger partial charge in [-0.15, -0.1) is 0 Å². The summed E-state index contributed by atoms with van der Waals surface area (Å²) in [6.07, 6.45) is 10.3. The van der Waals surface area contributed by atoms with Crippen LogP contribution in [-0.4, -0.2) is 24.8 Å². The molecule has 16 heavy (non-hydrogen) atoms. The van der Waals surface area contributed by atoms with Gasteiger partial charge < -0.3 is 9.47 Å². The van der Waals surface area contributed by atoms with Crippen LogP contribution in [0.2, 0.25) is 0 Å². The Hall–Kier alpha value is -0.570. The highest BCUT2D eigenvalue weighted by molar-refractivity contribution is 5.69. The summed E-state index contributed by atoms with van der Waals surface area (Å²) in [4.78, 5) is 11.3. The molecule has 0 saturated carbocycles. The molecule has 3 heteroatoms. The molecule has 0 aromatic rings. The number of carbonyl (C=O) groups excluding carboxylic acids is 1. The maximum absolute atomic E-state index is 11.3. The van der Waals surface area contributed by atoms with Crippen LogP contribution in [0.5, 0.6) is 0 Å². The Labute approximate surface area is 97.5 Å². The molecule has 2 aliphatic heterocycles. The van der Waals surface area contributed by atoms with Gasteiger partial charge in [-0.1, -0.05) is 6.42 Å². The molecule has 92 valence electrons. The first kappa shape index (κ1) is 11.9. The van der Waals surface area contributed by atoms with Gasteiger partial charge in [0.1, 0.15) is 0 Å². The molecular weight excluding hydrogens is 204 g/mol. The van der Waals surface area contributed by atoms with Crippen LogP contribution in [0.15, 0.2) is 0 Å². The Balaban J connectivity index is 1.78. The third-order valence-corrected chi connectivity index (χ3v) is 3.54. The molecule has 0 aromatic heterocycles. The average molecular weight is 226 g/mol. The molecule has 2 aliphatic rings. The zero-order valence-corrected chi connectivity index (χ0v) is 9.95. The van der Waals surface area contributed by atoms with Crippen LogP contribution in [0.4, 0.5) is 0 Å². The van der Waals surface area contributed by atoms with Crippen molar-refractivity contribution in [2.45, 2.75) is 70.0 Å². The molecule has 0 N–H and O–H groups in total. The normalized spacial score (nSPS) is 33.4. The van der Waals surface area contributed by atoms with Crippen molar-refractivity contribution in [2.24, 2.45) is 0 Å². The largest absolute Gasteiger partial charge is 0.466 e. The van der Waals surface area contributed by atoms with Crippen LogP contribution in [0.1, 0.15) is 57.8 Å². The SMILES string of the molecule is O=C1CCCCC2CC[C@@H](CCCCO1)O2. The molecule has 2 saturated heterocycles. The van der Waals surface area contributed by atoms with E-state index in [-0.39, 0.29) is 5.97 Å². The lowest BCUT2D eigenvalue weighted by Crippen LogP contribution is -2.10. The monoisotopic (exact) mass is 226 g/mol. The van der Waals surface area contributed by atoms with Crippen LogP contribution in [0, 0.1) is 0 Å². The summed E-state index contributed by atoms with van der Waals surface area (Å²) in [5.41, 5.74) is 0. The molecule has 2 atom stereocenters. The van der Waals surface area contributed by atoms with Crippen LogP contribution >= 0.6 is 0 Å². The topological polar surface area (TPSA) is 35.5 Å². The molecule has 2 bridgehead atoms. The molecule has 1 unspecified atom stereocenters. The van der Waals surface area contributed by atoms with Crippen LogP contribution < -0.4 is 0 Å². The minimum absolute atomic E-state index is 0.0228. The summed E-state index contributed by atoms with van der Waals surface area (Å²) in [6, 6.07) is 0. The minimum atomic E-state index is -0.0228. The number of cyclic esters (lactones) is 1. The predicted molar refractivity (Wildman–Crippen MR) is 61.2 cm³/mol. The van der Waals surface area contributed by atoms with Crippen LogP contribution in [-0.2, 0) is 14.3 Å². The van der Waals surface area contributed by atoms with E-state index in [4.69, 9.17) is 9.47 Å². The van der Waals surface area contributed by atoms with Gasteiger partial charge in [-0.2, -0.15) is 0 Å². The third-order valence-electron chi connectivity index (χ3n) is 3.54. The van der Waals surface area contributed by atoms with E-state index in [1.807, 2.05) is 0 Å². The van der Waals surface area contributed by atoms with Crippen molar-refractivity contribution < 1.29 is 14.3 Å². The van der Waals surface area contributed by atoms with E-state index in [9.17, 15) is 4.79 Å². The quantitative estimate of drug-likeness (QED) is 0.596. The van der Waals surface area contributed by atoms with Crippen molar-refractivity contribution in [1.82, 2.24) is 0 Å². The van der Waals surface area contributed by atoms with E-state index in [0.717, 1.165) is 38.5 Å². The summed E-state index contributed by atoms with van der Waals surface area (Å²) in [6.45, 7) is 0.592. The zero-order valence-electron chi connectivity index (χ0n) is 9.95. The number of fused-ring (bicyclic) bond motifs is 2. The second-order valence-corrected chi connectivity index (χ2v) is 4.92. The van der Waals surface area contributed by atoms with Crippen molar-refractivity contribution in [2.75, 3.05) is 6.61 Å². The van der Waals surface area contributed by atoms with Gasteiger partial charge in [-0.3, -0.25) is 4.79 Å². The molecule has 2 rings (SSSR count). The van der Waals surface area contributed by atoms with Crippen molar-refractivity contribution >= 4 is 5.97 Å². The lowest BCUT2D eigenvalue weighted by Gasteiger charge is -2.12. The summed E-state index contributed by atoms with van der Waals surface area (Å²) in [5, 5.41) is 0. The Morgan fingerprint density at radius 2 is 1.56 bits per heavy atom. The highest BCUT2D eigenvalue weighted by atomic mass is 16.5. The molecule has 0 radical (unpaired) electrons. The van der Waals surface area contributed by atoms with Gasteiger partial charge in [-0.05, 0) is 44.9 Å². The standard InChI is InChI=1S/C13H22O3/c14-13-7-2-1-5-11-8-9-12(16-11)6-3-4-10-15-13/h11-12H,1-10H2/t11?,12-/m1/s1. The van der Waals surface area contributed by atoms with Crippen molar-refractivity contribution in [3.8, 4) is 0 Å². The highest BCUT2D eigenvalue weighted by Gasteiger charge is 2.24. The van der Waals surface area contributed by atoms with Gasteiger partial charge in [-0.25, -0.2) is 0 Å². The molecule has 0 aliphatic carbocycles. The number of esters is 1. The fourth-order valence-corrected chi connectivity index (χ4v) is 2.58. The summed E-state index contributed by atoms with van der Waals surface area (Å²) >= 11 is 0. The molecular formula is C13H22O3. The predicted octanol–water partition coefficient (Wildman–Crippen LogP) is 2.82. The second-order valence-electron chi connectivity index (χ2n) is 4.92. The zero-order chi connectivity index (χ0) is 11.2. The van der Waals surface area contributed by atoms with Gasteiger partial charge in [0.25, 0.3) is 0 Å². The molecule has 3 nitrogen and oxygen atoms in total. The maximum atomic E-state index is 11.3. The van der Waals surface area contributed by atoms with Crippen molar-refractivity contribution in [3.05, 3.63) is 0 Å². The lowest BCUT2D eigenvalue weighted by atomic mass is 10.1. The van der Waals surface area contributed by atoms with Crippen LogP contribution in [0.3, 0.4) is 0 Å². The number of ether oxygens (including phenoxy) is 2. The second kappa shape index (κ2) is 6.24. The van der Waals surface area contributed by atoms with Crippen molar-refractivity contribution in [3.63, 3.8) is 0 Å². The lowest BCUT2D eigenvalue weighted by molar-refractivity contribution is -0.143. The van der Waals surface area contributed by atoms with Crippen LogP contribution in [0.25, 0.3) is 0 Å². The van der Waals surface area contributed by atoms with Crippen molar-refractivity contribution in [1.29, 1.82) is 0 Å². The first-order valence-electron chi connectivity index (χ1n) is 6.65. The molecule has 0 aromatic carbocycles. The molecule has 0 spiro atoms. The highest BCUT2D eigenvalue weighted by Crippen LogP contribution is 2.27. The number of rotatable bonds is 0. The first-order valence-corrected chi connectivity index (χ1v) is 6.65. The Bertz CT molecular complexity index is 227. The molecule has 2 heterocycles. The smallest absolute Gasteiger partial charge is 0.305 e. The molecule has 2 fully saturated rings. The Kier molecular flexibility index (Phi) is 4.64. The van der Waals surface area contributed by atoms with E-state index in [2.05, 4.69) is 0 Å². The Morgan fingerprint density at radius 3 is 2.31 bits per heavy atom. The van der Waals surface area contributed by atoms with Gasteiger partial charge in [0.15, 0.2) is 0 Å². The number of hydrogen-bond acceptors (Lipinski definition) is 3. The van der Waals surface area contributed by atoms with Gasteiger partial charge in [0, 0.05) is 6.42 Å². The molecule has 0 amide bonds. The fourth-order valence-electron chi connectivity index (χ4n) is 2.58. The van der Waals surface area contributed by atoms with E-state index >= 15 is 0 Å². The van der Waals surface area contributed by atoms with E-state index in [1.54, 1.807) is 0 Å². The number of carbonyl (C=O) groups is 1. The summed E-state index contributed by atoms with van der Waals surface area (Å²) in [7, 11) is 0. The van der Waals surface area contributed by atoms with Gasteiger partial charge in [0.05, 0.1) is 18.8 Å².